The lowest BCUT2D eigenvalue weighted by molar-refractivity contribution is -0.131. The number of nitrogens with one attached hydrogen (secondary N) is 6. The van der Waals surface area contributed by atoms with E-state index >= 15 is 0 Å². The minimum atomic E-state index is -2.66. The largest absolute Gasteiger partial charge is 0.491 e. The number of hydrazone groups is 1. The van der Waals surface area contributed by atoms with Crippen LogP contribution in [0.15, 0.2) is 218 Å². The molecule has 1 amide bonds. The van der Waals surface area contributed by atoms with Crippen molar-refractivity contribution in [3.63, 3.8) is 0 Å². The molecule has 12 aromatic heterocycles. The number of benzene rings is 5. The Morgan fingerprint density at radius 2 is 0.768 bits per heavy atom. The lowest BCUT2D eigenvalue weighted by atomic mass is 10.0. The molecule has 1 aliphatic heterocycles. The number of aromatic nitrogens is 17. The van der Waals surface area contributed by atoms with Crippen molar-refractivity contribution in [1.82, 2.24) is 88.8 Å². The molecule has 18 rings (SSSR count). The molecule has 125 heavy (non-hydrogen) atoms. The Labute approximate surface area is 708 Å². The van der Waals surface area contributed by atoms with Gasteiger partial charge in [0, 0.05) is 185 Å². The Kier molecular flexibility index (Phi) is 26.1. The summed E-state index contributed by atoms with van der Waals surface area (Å²) in [6.45, 7) is 13.1. The summed E-state index contributed by atoms with van der Waals surface area (Å²) < 4.78 is 36.5. The summed E-state index contributed by atoms with van der Waals surface area (Å²) >= 11 is 0. The summed E-state index contributed by atoms with van der Waals surface area (Å²) in [4.78, 5) is 92.8. The van der Waals surface area contributed by atoms with Crippen molar-refractivity contribution in [2.75, 3.05) is 13.7 Å². The molecular formula is C91H75F2N25O7. The summed E-state index contributed by atoms with van der Waals surface area (Å²) in [5.74, 6) is 0.312. The van der Waals surface area contributed by atoms with Crippen LogP contribution in [0.3, 0.4) is 0 Å². The van der Waals surface area contributed by atoms with Gasteiger partial charge in [-0.15, -0.1) is 0 Å². The normalized spacial score (nSPS) is 11.4. The fourth-order valence-electron chi connectivity index (χ4n) is 14.3. The van der Waals surface area contributed by atoms with Gasteiger partial charge in [-0.3, -0.25) is 28.8 Å². The van der Waals surface area contributed by atoms with Crippen LogP contribution in [0.2, 0.25) is 0 Å². The third kappa shape index (κ3) is 17.7. The van der Waals surface area contributed by atoms with Gasteiger partial charge in [0.2, 0.25) is 5.91 Å². The molecule has 32 nitrogen and oxygen atoms in total. The molecule has 0 saturated carbocycles. The second-order valence-electron chi connectivity index (χ2n) is 27.7. The summed E-state index contributed by atoms with van der Waals surface area (Å²) in [6, 6.07) is 54.3. The number of nitriles is 6. The monoisotopic (exact) mass is 1670 g/mol. The van der Waals surface area contributed by atoms with Crippen molar-refractivity contribution in [1.29, 1.82) is 31.6 Å². The average Bonchev–Trinajstić information content (AvgIpc) is 1.66. The van der Waals surface area contributed by atoms with Gasteiger partial charge in [-0.1, -0.05) is 60.7 Å². The first-order valence-electron chi connectivity index (χ1n) is 39.2. The lowest BCUT2D eigenvalue weighted by Crippen LogP contribution is -2.31. The van der Waals surface area contributed by atoms with E-state index in [1.54, 1.807) is 91.5 Å². The van der Waals surface area contributed by atoms with E-state index in [0.717, 1.165) is 104 Å². The van der Waals surface area contributed by atoms with Crippen molar-refractivity contribution in [2.24, 2.45) is 5.10 Å². The molecule has 1 aliphatic rings. The zero-order valence-electron chi connectivity index (χ0n) is 68.2. The molecule has 0 saturated heterocycles. The first-order chi connectivity index (χ1) is 60.7. The van der Waals surface area contributed by atoms with Gasteiger partial charge in [0.25, 0.3) is 28.7 Å². The van der Waals surface area contributed by atoms with E-state index in [4.69, 9.17) is 36.3 Å². The number of amides is 1. The van der Waals surface area contributed by atoms with Crippen LogP contribution in [0.25, 0.3) is 122 Å². The Morgan fingerprint density at radius 3 is 1.18 bits per heavy atom. The number of H-pyrrole nitrogens is 6. The number of hydrogen-bond donors (Lipinski definition) is 6. The van der Waals surface area contributed by atoms with Crippen LogP contribution < -0.4 is 32.5 Å². The topological polar surface area (TPSA) is 467 Å². The number of pyridine rings is 1. The molecule has 0 aliphatic carbocycles. The highest BCUT2D eigenvalue weighted by molar-refractivity contribution is 6.13. The quantitative estimate of drug-likeness (QED) is 0.0589. The van der Waals surface area contributed by atoms with Gasteiger partial charge in [0.05, 0.1) is 102 Å². The van der Waals surface area contributed by atoms with Crippen LogP contribution >= 0.6 is 0 Å². The lowest BCUT2D eigenvalue weighted by Gasteiger charge is -2.21. The number of nitrogens with zero attached hydrogens (tertiary/aromatic N) is 19. The molecule has 13 heterocycles. The van der Waals surface area contributed by atoms with Gasteiger partial charge in [0.1, 0.15) is 43.0 Å². The number of methoxy groups -OCH3 is 1. The molecule has 0 radical (unpaired) electrons. The van der Waals surface area contributed by atoms with Gasteiger partial charge in [-0.05, 0) is 102 Å². The highest BCUT2D eigenvalue weighted by Crippen LogP contribution is 2.35. The molecule has 0 bridgehead atoms. The first-order valence-corrected chi connectivity index (χ1v) is 39.2. The first kappa shape index (κ1) is 85.5. The number of carbonyl (C=O) groups excluding carboxylic acids is 1. The van der Waals surface area contributed by atoms with Crippen molar-refractivity contribution in [2.45, 2.75) is 93.5 Å². The van der Waals surface area contributed by atoms with Crippen molar-refractivity contribution in [3.05, 3.63) is 285 Å². The van der Waals surface area contributed by atoms with Crippen LogP contribution in [-0.4, -0.2) is 120 Å². The third-order valence-corrected chi connectivity index (χ3v) is 20.4. The molecule has 0 fully saturated rings. The van der Waals surface area contributed by atoms with Gasteiger partial charge < -0.3 is 34.6 Å². The highest BCUT2D eigenvalue weighted by atomic mass is 19.3. The number of alkyl halides is 2. The van der Waals surface area contributed by atoms with E-state index in [0.29, 0.717) is 118 Å². The minimum Gasteiger partial charge on any atom is -0.491 e. The number of para-hydroxylation sites is 5. The Hall–Kier alpha value is -17.4. The highest BCUT2D eigenvalue weighted by Gasteiger charge is 2.24. The van der Waals surface area contributed by atoms with E-state index in [-0.39, 0.29) is 33.9 Å². The van der Waals surface area contributed by atoms with Crippen LogP contribution in [0.4, 0.5) is 8.78 Å². The van der Waals surface area contributed by atoms with Gasteiger partial charge in [-0.25, -0.2) is 42.2 Å². The second kappa shape index (κ2) is 38.1. The maximum atomic E-state index is 12.5. The standard InChI is InChI=1S/C16H14N4O2.C16H14N4O.C15H10F2N4O.C15H14N4O.C15H12N4O.C14H11N5O/c1-3-20-16(21)14(22-2)7-13(19-20)12-9-18-15-10(8-17)5-4-6-11(12)15;1-3-20-14(21)7-10(2)15(19-20)13-9-18-16-11(8-17)5-4-6-12(13)16;16-13(17)8-21-14(22)5-4-12(20-21)11-7-19-15-9(6-18)2-1-3-10(11)15;2*1-2-19-14(20)7-6-13(18-19)12-9-17-15-10(8-16)4-3-5-11(12)15;1-2-19-13(20)4-3-11(18-19)10-8-17-14-9(10)5-6-16-12(14)7-15/h4-7,9,18H,3H2,1-2H3;4-7,9,18H,3H2,1-2H3;1-5,7,13,19H,8H2;3-5,9,17H,2,6-7H2,1H3;3-7,9,17H,2H2,1H3;3-6,8,17H,2H2,1H3. The van der Waals surface area contributed by atoms with Crippen LogP contribution in [-0.2, 0) is 37.5 Å². The van der Waals surface area contributed by atoms with Crippen LogP contribution in [0, 0.1) is 74.9 Å². The van der Waals surface area contributed by atoms with E-state index in [1.807, 2.05) is 121 Å². The molecule has 5 aromatic carbocycles. The average molecular weight is 1670 g/mol. The van der Waals surface area contributed by atoms with Crippen molar-refractivity contribution >= 4 is 77.0 Å². The number of fused-ring (bicyclic) bond motifs is 6. The fraction of sp³-hybridized carbons (Fsp3) is 0.176. The Balaban J connectivity index is 0.000000129. The number of rotatable bonds is 14. The van der Waals surface area contributed by atoms with Crippen LogP contribution in [0.1, 0.15) is 92.1 Å². The number of aryl methyl sites for hydroxylation is 5. The second-order valence-corrected chi connectivity index (χ2v) is 27.7. The molecule has 6 N–H and O–H groups in total. The number of carbonyl (C=O) groups is 1. The third-order valence-electron chi connectivity index (χ3n) is 20.4. The molecule has 0 atom stereocenters. The maximum Gasteiger partial charge on any atom is 0.309 e. The van der Waals surface area contributed by atoms with Crippen LogP contribution in [0.5, 0.6) is 5.75 Å². The molecule has 34 heteroatoms. The number of halogens is 2. The molecule has 17 aromatic rings. The fourth-order valence-corrected chi connectivity index (χ4v) is 14.3. The minimum absolute atomic E-state index is 0.0637. The molecule has 620 valence electrons. The van der Waals surface area contributed by atoms with E-state index in [1.165, 1.54) is 55.1 Å². The van der Waals surface area contributed by atoms with E-state index in [2.05, 4.69) is 95.8 Å². The summed E-state index contributed by atoms with van der Waals surface area (Å²) in [7, 11) is 1.46. The summed E-state index contributed by atoms with van der Waals surface area (Å²) in [5, 5.41) is 87.4. The SMILES string of the molecule is CCN1N=C(c2c[nH]c3c(C#N)cccc23)CCC1=O.CCn1nc(-c2c[nH]c3c(C#N)cccc23)c(C)cc1=O.CCn1nc(-c2c[nH]c3c(C#N)cccc23)cc(OC)c1=O.CCn1nc(-c2c[nH]c3c(C#N)cccc23)ccc1=O.CCn1nc(-c2c[nH]c3c(C#N)nccc23)ccc1=O.N#Cc1cccc2c(-c3ccc(=O)n(CC(F)F)n3)c[nH]c12. The zero-order valence-corrected chi connectivity index (χ0v) is 68.2. The van der Waals surface area contributed by atoms with Crippen molar-refractivity contribution < 1.29 is 18.3 Å². The summed E-state index contributed by atoms with van der Waals surface area (Å²) in [6.07, 6.45) is 10.8. The molecular weight excluding hydrogens is 1590 g/mol. The number of ether oxygens (including phenoxy) is 1. The van der Waals surface area contributed by atoms with Crippen molar-refractivity contribution in [3.8, 4) is 98.5 Å². The predicted octanol–water partition coefficient (Wildman–Crippen LogP) is 13.8. The zero-order chi connectivity index (χ0) is 88.7. The van der Waals surface area contributed by atoms with Gasteiger partial charge in [-0.2, -0.15) is 62.2 Å². The van der Waals surface area contributed by atoms with Gasteiger partial charge in [0.15, 0.2) is 11.4 Å². The maximum absolute atomic E-state index is 12.5. The molecule has 0 spiro atoms. The Bertz CT molecular complexity index is 7470. The smallest absolute Gasteiger partial charge is 0.309 e. The predicted molar refractivity (Wildman–Crippen MR) is 466 cm³/mol. The Morgan fingerprint density at radius 1 is 0.400 bits per heavy atom. The number of aromatic amines is 6. The van der Waals surface area contributed by atoms with E-state index in [9.17, 15) is 37.5 Å². The summed E-state index contributed by atoms with van der Waals surface area (Å²) in [5.41, 5.74) is 16.5. The number of hydrogen-bond acceptors (Lipinski definition) is 20. The van der Waals surface area contributed by atoms with Gasteiger partial charge >= 0.3 is 5.56 Å². The molecule has 0 unspecified atom stereocenters. The van der Waals surface area contributed by atoms with E-state index < -0.39 is 18.5 Å².